The zero-order valence-electron chi connectivity index (χ0n) is 23.9. The number of likely N-dealkylation sites (tertiary alicyclic amines) is 1. The summed E-state index contributed by atoms with van der Waals surface area (Å²) in [6.45, 7) is -0.0929. The van der Waals surface area contributed by atoms with Crippen molar-refractivity contribution in [1.29, 1.82) is 5.41 Å². The Morgan fingerprint density at radius 1 is 1.05 bits per heavy atom. The first kappa shape index (κ1) is 32.7. The van der Waals surface area contributed by atoms with Crippen LogP contribution in [0.1, 0.15) is 24.8 Å². The molecule has 0 bridgehead atoms. The molecule has 0 spiro atoms. The van der Waals surface area contributed by atoms with Crippen LogP contribution < -0.4 is 15.8 Å². The largest absolute Gasteiger partial charge is 0.471 e. The summed E-state index contributed by atoms with van der Waals surface area (Å²) in [4.78, 5) is 27.8. The summed E-state index contributed by atoms with van der Waals surface area (Å²) in [5, 5.41) is 11.8. The minimum atomic E-state index is -5.18. The lowest BCUT2D eigenvalue weighted by molar-refractivity contribution is -0.186. The normalized spacial score (nSPS) is 16.3. The van der Waals surface area contributed by atoms with Gasteiger partial charge < -0.3 is 20.9 Å². The summed E-state index contributed by atoms with van der Waals surface area (Å²) in [6, 6.07) is 18.9. The van der Waals surface area contributed by atoms with Gasteiger partial charge in [0.2, 0.25) is 15.9 Å². The molecule has 10 nitrogen and oxygen atoms in total. The Morgan fingerprint density at radius 3 is 2.41 bits per heavy atom. The number of nitrogens with one attached hydrogen (secondary N) is 3. The van der Waals surface area contributed by atoms with Crippen molar-refractivity contribution in [1.82, 2.24) is 19.8 Å². The maximum absolute atomic E-state index is 13.6. The quantitative estimate of drug-likeness (QED) is 0.189. The van der Waals surface area contributed by atoms with Gasteiger partial charge in [0.25, 0.3) is 0 Å². The van der Waals surface area contributed by atoms with Gasteiger partial charge in [-0.1, -0.05) is 60.7 Å². The lowest BCUT2D eigenvalue weighted by Gasteiger charge is -2.36. The summed E-state index contributed by atoms with van der Waals surface area (Å²) < 4.78 is 70.1. The van der Waals surface area contributed by atoms with Crippen LogP contribution in [0.5, 0.6) is 0 Å². The SMILES string of the molecule is N=C(N)N1CCC[C@@H](CN(CC[C@H](NS(=O)(=O)c2ccc3ccccc3c2)C(=O)NCc2ccccc2)C(=O)C(F)(F)F)C1. The molecule has 0 unspecified atom stereocenters. The van der Waals surface area contributed by atoms with E-state index in [2.05, 4.69) is 10.0 Å². The van der Waals surface area contributed by atoms with Crippen LogP contribution in [0.25, 0.3) is 10.8 Å². The molecule has 14 heteroatoms. The minimum absolute atomic E-state index is 0.0576. The number of alkyl halides is 3. The van der Waals surface area contributed by atoms with Crippen LogP contribution in [0.2, 0.25) is 0 Å². The number of hydrogen-bond acceptors (Lipinski definition) is 5. The molecule has 0 radical (unpaired) electrons. The second kappa shape index (κ2) is 14.1. The fourth-order valence-electron chi connectivity index (χ4n) is 5.23. The number of benzene rings is 3. The summed E-state index contributed by atoms with van der Waals surface area (Å²) in [7, 11) is -4.30. The predicted molar refractivity (Wildman–Crippen MR) is 160 cm³/mol. The molecule has 0 aliphatic carbocycles. The van der Waals surface area contributed by atoms with Crippen LogP contribution in [0.4, 0.5) is 13.2 Å². The Balaban J connectivity index is 1.56. The molecule has 0 saturated carbocycles. The van der Waals surface area contributed by atoms with E-state index in [9.17, 15) is 31.2 Å². The molecule has 44 heavy (non-hydrogen) atoms. The molecule has 3 aromatic rings. The number of fused-ring (bicyclic) bond motifs is 1. The van der Waals surface area contributed by atoms with Gasteiger partial charge in [0.15, 0.2) is 5.96 Å². The van der Waals surface area contributed by atoms with Crippen molar-refractivity contribution in [3.8, 4) is 0 Å². The Morgan fingerprint density at radius 2 is 1.73 bits per heavy atom. The van der Waals surface area contributed by atoms with E-state index in [4.69, 9.17) is 11.1 Å². The van der Waals surface area contributed by atoms with Gasteiger partial charge in [-0.25, -0.2) is 8.42 Å². The van der Waals surface area contributed by atoms with E-state index in [1.165, 1.54) is 17.0 Å². The highest BCUT2D eigenvalue weighted by Gasteiger charge is 2.43. The molecule has 1 aliphatic heterocycles. The predicted octanol–water partition coefficient (Wildman–Crippen LogP) is 3.19. The van der Waals surface area contributed by atoms with Crippen LogP contribution in [0.15, 0.2) is 77.7 Å². The van der Waals surface area contributed by atoms with Gasteiger partial charge in [0.05, 0.1) is 4.90 Å². The van der Waals surface area contributed by atoms with E-state index >= 15 is 0 Å². The number of halogens is 3. The molecule has 1 aliphatic rings. The number of guanidine groups is 1. The Bertz CT molecular complexity index is 1590. The number of nitrogens with two attached hydrogens (primary N) is 1. The Hall–Kier alpha value is -4.17. The van der Waals surface area contributed by atoms with Crippen LogP contribution in [0.3, 0.4) is 0 Å². The first-order valence-electron chi connectivity index (χ1n) is 14.1. The number of piperidine rings is 1. The van der Waals surface area contributed by atoms with Crippen LogP contribution in [-0.4, -0.2) is 74.4 Å². The van der Waals surface area contributed by atoms with E-state index in [0.29, 0.717) is 29.7 Å². The molecule has 3 aromatic carbocycles. The van der Waals surface area contributed by atoms with Gasteiger partial charge in [-0.15, -0.1) is 0 Å². The van der Waals surface area contributed by atoms with E-state index in [1.54, 1.807) is 54.6 Å². The van der Waals surface area contributed by atoms with Crippen LogP contribution in [0, 0.1) is 11.3 Å². The van der Waals surface area contributed by atoms with E-state index in [-0.39, 0.29) is 30.5 Å². The van der Waals surface area contributed by atoms with Gasteiger partial charge in [-0.2, -0.15) is 17.9 Å². The second-order valence-electron chi connectivity index (χ2n) is 10.8. The summed E-state index contributed by atoms with van der Waals surface area (Å²) in [5.74, 6) is -3.45. The Labute approximate surface area is 253 Å². The summed E-state index contributed by atoms with van der Waals surface area (Å²) in [5.41, 5.74) is 6.30. The van der Waals surface area contributed by atoms with Crippen molar-refractivity contribution in [3.05, 3.63) is 78.4 Å². The van der Waals surface area contributed by atoms with Gasteiger partial charge >= 0.3 is 12.1 Å². The summed E-state index contributed by atoms with van der Waals surface area (Å²) in [6.07, 6.45) is -4.50. The van der Waals surface area contributed by atoms with Crippen molar-refractivity contribution >= 4 is 38.6 Å². The second-order valence-corrected chi connectivity index (χ2v) is 12.5. The summed E-state index contributed by atoms with van der Waals surface area (Å²) >= 11 is 0. The van der Waals surface area contributed by atoms with E-state index in [0.717, 1.165) is 10.9 Å². The van der Waals surface area contributed by atoms with Gasteiger partial charge in [0.1, 0.15) is 6.04 Å². The number of nitrogens with zero attached hydrogens (tertiary/aromatic N) is 2. The lowest BCUT2D eigenvalue weighted by atomic mass is 9.97. The zero-order valence-corrected chi connectivity index (χ0v) is 24.7. The highest BCUT2D eigenvalue weighted by atomic mass is 32.2. The third kappa shape index (κ3) is 8.69. The molecule has 4 rings (SSSR count). The molecule has 5 N–H and O–H groups in total. The third-order valence-corrected chi connectivity index (χ3v) is 8.98. The number of carbonyl (C=O) groups excluding carboxylic acids is 2. The minimum Gasteiger partial charge on any atom is -0.370 e. The molecule has 2 amide bonds. The zero-order chi connectivity index (χ0) is 31.9. The number of amides is 2. The number of carbonyl (C=O) groups is 2. The molecule has 1 saturated heterocycles. The lowest BCUT2D eigenvalue weighted by Crippen LogP contribution is -2.52. The third-order valence-electron chi connectivity index (χ3n) is 7.51. The monoisotopic (exact) mass is 632 g/mol. The standard InChI is InChI=1S/C30H35F3N6O4S/c31-30(32,33)28(41)38(19-22-9-6-15-39(20-22)29(34)35)16-14-26(27(40)36-18-21-7-2-1-3-8-21)37-44(42,43)25-13-12-23-10-4-5-11-24(23)17-25/h1-5,7-8,10-13,17,22,26,37H,6,9,14-16,18-20H2,(H3,34,35)(H,36,40)/t22-,26-/m0/s1. The number of hydrogen-bond donors (Lipinski definition) is 4. The number of sulfonamides is 1. The maximum atomic E-state index is 13.6. The van der Waals surface area contributed by atoms with E-state index < -0.39 is 52.9 Å². The van der Waals surface area contributed by atoms with Crippen molar-refractivity contribution < 1.29 is 31.2 Å². The fourth-order valence-corrected chi connectivity index (χ4v) is 6.49. The fraction of sp³-hybridized carbons (Fsp3) is 0.367. The van der Waals surface area contributed by atoms with Crippen molar-refractivity contribution in [3.63, 3.8) is 0 Å². The number of rotatable bonds is 11. The molecule has 1 fully saturated rings. The molecular formula is C30H35F3N6O4S. The topological polar surface area (TPSA) is 149 Å². The highest BCUT2D eigenvalue weighted by molar-refractivity contribution is 7.89. The molecule has 1 heterocycles. The molecular weight excluding hydrogens is 597 g/mol. The average Bonchev–Trinajstić information content (AvgIpc) is 3.00. The van der Waals surface area contributed by atoms with Crippen LogP contribution in [-0.2, 0) is 26.2 Å². The molecule has 0 aromatic heterocycles. The van der Waals surface area contributed by atoms with Gasteiger partial charge in [-0.05, 0) is 53.6 Å². The van der Waals surface area contributed by atoms with Crippen molar-refractivity contribution in [2.75, 3.05) is 26.2 Å². The van der Waals surface area contributed by atoms with E-state index in [1.807, 2.05) is 6.07 Å². The van der Waals surface area contributed by atoms with Crippen molar-refractivity contribution in [2.24, 2.45) is 11.7 Å². The first-order chi connectivity index (χ1) is 20.8. The van der Waals surface area contributed by atoms with Crippen LogP contribution >= 0.6 is 0 Å². The van der Waals surface area contributed by atoms with Gasteiger partial charge in [-0.3, -0.25) is 15.0 Å². The van der Waals surface area contributed by atoms with Gasteiger partial charge in [0, 0.05) is 32.7 Å². The Kier molecular flexibility index (Phi) is 10.5. The average molecular weight is 633 g/mol. The highest BCUT2D eigenvalue weighted by Crippen LogP contribution is 2.24. The smallest absolute Gasteiger partial charge is 0.370 e. The first-order valence-corrected chi connectivity index (χ1v) is 15.6. The maximum Gasteiger partial charge on any atom is 0.471 e. The van der Waals surface area contributed by atoms with Crippen molar-refractivity contribution in [2.45, 2.75) is 42.9 Å². The molecule has 2 atom stereocenters. The molecule has 236 valence electrons.